The largest absolute Gasteiger partial charge is 0.414 e. The number of hydrogen-bond acceptors (Lipinski definition) is 7. The molecule has 280 valence electrons. The van der Waals surface area contributed by atoms with E-state index in [1.807, 2.05) is 0 Å². The molecule has 2 amide bonds. The van der Waals surface area contributed by atoms with E-state index in [9.17, 15) is 27.0 Å². The molecule has 2 aromatic carbocycles. The zero-order chi connectivity index (χ0) is 37.5. The Bertz CT molecular complexity index is 1730. The van der Waals surface area contributed by atoms with Gasteiger partial charge in [0.2, 0.25) is 0 Å². The van der Waals surface area contributed by atoms with Gasteiger partial charge in [-0.05, 0) is 83.3 Å². The van der Waals surface area contributed by atoms with E-state index in [0.717, 1.165) is 25.8 Å². The third-order valence-corrected chi connectivity index (χ3v) is 12.3. The van der Waals surface area contributed by atoms with Crippen molar-refractivity contribution in [2.45, 2.75) is 121 Å². The van der Waals surface area contributed by atoms with Crippen LogP contribution < -0.4 is 4.72 Å². The highest BCUT2D eigenvalue weighted by Crippen LogP contribution is 2.36. The molecular formula is C36H49F3N4O6SSi. The van der Waals surface area contributed by atoms with Crippen LogP contribution in [0.5, 0.6) is 0 Å². The van der Waals surface area contributed by atoms with Crippen molar-refractivity contribution in [3.8, 4) is 0 Å². The van der Waals surface area contributed by atoms with Crippen molar-refractivity contribution in [3.05, 3.63) is 65.0 Å². The van der Waals surface area contributed by atoms with Gasteiger partial charge < -0.3 is 18.8 Å². The number of ether oxygens (including phenoxy) is 3. The van der Waals surface area contributed by atoms with Crippen LogP contribution in [0.4, 0.5) is 13.2 Å². The van der Waals surface area contributed by atoms with Gasteiger partial charge in [0.15, 0.2) is 6.10 Å². The fourth-order valence-electron chi connectivity index (χ4n) is 5.68. The molecule has 51 heavy (non-hydrogen) atoms. The molecule has 5 rings (SSSR count). The van der Waals surface area contributed by atoms with Crippen LogP contribution in [0, 0.1) is 0 Å². The third-order valence-electron chi connectivity index (χ3n) is 8.97. The average Bonchev–Trinajstić information content (AvgIpc) is 3.75. The number of amides is 2. The second-order valence-electron chi connectivity index (χ2n) is 15.6. The van der Waals surface area contributed by atoms with Crippen molar-refractivity contribution in [2.75, 3.05) is 13.2 Å². The minimum absolute atomic E-state index is 0.0319. The summed E-state index contributed by atoms with van der Waals surface area (Å²) in [5, 5.41) is 0. The summed E-state index contributed by atoms with van der Waals surface area (Å²) in [7, 11) is -3.16. The van der Waals surface area contributed by atoms with Crippen molar-refractivity contribution in [1.82, 2.24) is 19.2 Å². The quantitative estimate of drug-likeness (QED) is 0.0929. The predicted octanol–water partition coefficient (Wildman–Crippen LogP) is 7.31. The Morgan fingerprint density at radius 1 is 1.02 bits per heavy atom. The van der Waals surface area contributed by atoms with Crippen molar-refractivity contribution < 1.29 is 41.2 Å². The van der Waals surface area contributed by atoms with Gasteiger partial charge in [-0.25, -0.2) is 13.9 Å². The zero-order valence-corrected chi connectivity index (χ0v) is 32.3. The van der Waals surface area contributed by atoms with E-state index in [4.69, 9.17) is 19.2 Å². The highest BCUT2D eigenvalue weighted by molar-refractivity contribution is 7.84. The Morgan fingerprint density at radius 3 is 2.20 bits per heavy atom. The lowest BCUT2D eigenvalue weighted by molar-refractivity contribution is -0.227. The number of imide groups is 1. The molecule has 0 spiro atoms. The van der Waals surface area contributed by atoms with Crippen LogP contribution >= 0.6 is 0 Å². The molecule has 3 aromatic rings. The summed E-state index contributed by atoms with van der Waals surface area (Å²) in [6, 6.07) is 11.1. The molecule has 10 nitrogen and oxygen atoms in total. The van der Waals surface area contributed by atoms with Crippen molar-refractivity contribution in [2.24, 2.45) is 0 Å². The predicted molar refractivity (Wildman–Crippen MR) is 192 cm³/mol. The molecule has 1 aliphatic heterocycles. The van der Waals surface area contributed by atoms with Gasteiger partial charge in [0.25, 0.3) is 11.8 Å². The summed E-state index contributed by atoms with van der Waals surface area (Å²) in [6.07, 6.45) is -5.97. The lowest BCUT2D eigenvalue weighted by Gasteiger charge is -2.30. The molecule has 0 bridgehead atoms. The van der Waals surface area contributed by atoms with Crippen LogP contribution in [0.25, 0.3) is 11.0 Å². The van der Waals surface area contributed by atoms with Gasteiger partial charge in [0.05, 0.1) is 62.7 Å². The molecule has 0 saturated heterocycles. The maximum atomic E-state index is 13.7. The normalized spacial score (nSPS) is 18.6. The van der Waals surface area contributed by atoms with E-state index >= 15 is 0 Å². The maximum Gasteiger partial charge on any atom is 0.414 e. The highest BCUT2D eigenvalue weighted by atomic mass is 32.2. The maximum absolute atomic E-state index is 13.7. The summed E-state index contributed by atoms with van der Waals surface area (Å²) in [4.78, 5) is 33.4. The highest BCUT2D eigenvalue weighted by Gasteiger charge is 2.43. The summed E-state index contributed by atoms with van der Waals surface area (Å²) in [5.41, 5.74) is 2.31. The van der Waals surface area contributed by atoms with Gasteiger partial charge in [-0.15, -0.1) is 0 Å². The first kappa shape index (κ1) is 39.3. The molecule has 2 aliphatic rings. The Balaban J connectivity index is 1.59. The van der Waals surface area contributed by atoms with Gasteiger partial charge in [0, 0.05) is 14.7 Å². The van der Waals surface area contributed by atoms with E-state index in [0.29, 0.717) is 34.3 Å². The SMILES string of the molecule is C[C@@H](O[C@H](C)C(F)(F)F)[C@H](NS(=O)C(C)(C)C)c1nc2cc([C@@H](COC3CC3)N3C(=O)c4ccccc4C3=O)ccc2n1COCC[Si](C)(C)C. The summed E-state index contributed by atoms with van der Waals surface area (Å²) < 4.78 is 76.3. The number of halogens is 3. The van der Waals surface area contributed by atoms with Gasteiger partial charge in [0.1, 0.15) is 18.6 Å². The van der Waals surface area contributed by atoms with Crippen molar-refractivity contribution in [3.63, 3.8) is 0 Å². The number of carbonyl (C=O) groups excluding carboxylic acids is 2. The Morgan fingerprint density at radius 2 is 1.65 bits per heavy atom. The van der Waals surface area contributed by atoms with Crippen LogP contribution in [0.2, 0.25) is 25.7 Å². The molecule has 5 atom stereocenters. The molecule has 1 aliphatic carbocycles. The smallest absolute Gasteiger partial charge is 0.376 e. The van der Waals surface area contributed by atoms with Gasteiger partial charge in [-0.2, -0.15) is 13.2 Å². The summed E-state index contributed by atoms with van der Waals surface area (Å²) in [6.45, 7) is 15.0. The molecule has 0 radical (unpaired) electrons. The minimum Gasteiger partial charge on any atom is -0.376 e. The number of benzene rings is 2. The Hall–Kier alpha value is -2.95. The van der Waals surface area contributed by atoms with Crippen molar-refractivity contribution in [1.29, 1.82) is 0 Å². The number of fused-ring (bicyclic) bond motifs is 2. The van der Waals surface area contributed by atoms with Crippen molar-refractivity contribution >= 4 is 41.9 Å². The number of alkyl halides is 3. The number of aromatic nitrogens is 2. The first-order chi connectivity index (χ1) is 23.8. The van der Waals surface area contributed by atoms with Crippen LogP contribution in [0.15, 0.2) is 42.5 Å². The molecule has 1 saturated carbocycles. The summed E-state index contributed by atoms with van der Waals surface area (Å²) in [5.74, 6) is -0.553. The number of imidazole rings is 1. The molecule has 1 aromatic heterocycles. The topological polar surface area (TPSA) is 112 Å². The molecule has 15 heteroatoms. The van der Waals surface area contributed by atoms with E-state index in [2.05, 4.69) is 24.4 Å². The van der Waals surface area contributed by atoms with Gasteiger partial charge in [-0.3, -0.25) is 14.5 Å². The molecular weight excluding hydrogens is 702 g/mol. The van der Waals surface area contributed by atoms with E-state index in [-0.39, 0.29) is 25.3 Å². The van der Waals surface area contributed by atoms with Gasteiger partial charge >= 0.3 is 6.18 Å². The minimum atomic E-state index is -4.61. The second-order valence-corrected chi connectivity index (χ2v) is 23.2. The first-order valence-electron chi connectivity index (χ1n) is 17.3. The van der Waals surface area contributed by atoms with E-state index in [1.54, 1.807) is 67.8 Å². The number of nitrogens with one attached hydrogen (secondary N) is 1. The number of nitrogens with zero attached hydrogens (tertiary/aromatic N) is 3. The van der Waals surface area contributed by atoms with Crippen LogP contribution in [0.3, 0.4) is 0 Å². The molecule has 2 heterocycles. The van der Waals surface area contributed by atoms with E-state index < -0.39 is 66.1 Å². The van der Waals surface area contributed by atoms with Crippen LogP contribution in [0.1, 0.15) is 91.6 Å². The van der Waals surface area contributed by atoms with Gasteiger partial charge in [-0.1, -0.05) is 37.8 Å². The average molecular weight is 751 g/mol. The molecule has 1 unspecified atom stereocenters. The third kappa shape index (κ3) is 9.35. The Labute approximate surface area is 301 Å². The first-order valence-corrected chi connectivity index (χ1v) is 22.2. The number of hydrogen-bond donors (Lipinski definition) is 1. The summed E-state index contributed by atoms with van der Waals surface area (Å²) >= 11 is 0. The number of rotatable bonds is 16. The van der Waals surface area contributed by atoms with Crippen LogP contribution in [-0.2, 0) is 31.9 Å². The molecule has 1 fully saturated rings. The molecule has 1 N–H and O–H groups in total. The fourth-order valence-corrected chi connectivity index (χ4v) is 7.32. The Kier molecular flexibility index (Phi) is 11.7. The zero-order valence-electron chi connectivity index (χ0n) is 30.5. The fraction of sp³-hybridized carbons (Fsp3) is 0.583. The lowest BCUT2D eigenvalue weighted by Crippen LogP contribution is -2.43. The monoisotopic (exact) mass is 750 g/mol. The second kappa shape index (κ2) is 15.2. The van der Waals surface area contributed by atoms with Crippen LogP contribution in [-0.4, -0.2) is 81.0 Å². The standard InChI is InChI=1S/C36H49F3N4O6SSi/c1-22(49-23(2)36(37,38)39)31(41-50(46)35(3,4)5)32-40-28-19-24(13-16-29(28)42(32)21-47-17-18-51(6,7)8)30(20-48-25-14-15-25)43-33(44)26-11-9-10-12-27(26)34(43)45/h9-13,16,19,22-23,25,30-31,41H,14-15,17-18,20-21H2,1-8H3/t22-,23-,30-,31+,50?/m1/s1. The van der Waals surface area contributed by atoms with E-state index in [1.165, 1.54) is 11.8 Å². The lowest BCUT2D eigenvalue weighted by atomic mass is 10.0. The number of carbonyl (C=O) groups is 2.